The van der Waals surface area contributed by atoms with Crippen LogP contribution in [0.15, 0.2) is 18.2 Å². The molecule has 0 radical (unpaired) electrons. The Morgan fingerprint density at radius 3 is 2.69 bits per heavy atom. The zero-order valence-electron chi connectivity index (χ0n) is 7.49. The molecule has 13 heavy (non-hydrogen) atoms. The minimum absolute atomic E-state index is 0. The first-order valence-electron chi connectivity index (χ1n) is 3.84. The summed E-state index contributed by atoms with van der Waals surface area (Å²) >= 11 is 0. The van der Waals surface area contributed by atoms with Crippen molar-refractivity contribution in [3.05, 3.63) is 23.8 Å². The fourth-order valence-corrected chi connectivity index (χ4v) is 0.901. The van der Waals surface area contributed by atoms with Crippen LogP contribution in [0.25, 0.3) is 0 Å². The molecule has 0 aromatic heterocycles. The average molecular weight is 204 g/mol. The average Bonchev–Trinajstić information content (AvgIpc) is 2.07. The molecular weight excluding hydrogens is 190 g/mol. The second-order valence-electron chi connectivity index (χ2n) is 2.59. The number of benzene rings is 1. The highest BCUT2D eigenvalue weighted by Crippen LogP contribution is 2.18. The molecule has 74 valence electrons. The van der Waals surface area contributed by atoms with E-state index < -0.39 is 0 Å². The lowest BCUT2D eigenvalue weighted by atomic mass is 10.2. The lowest BCUT2D eigenvalue weighted by Gasteiger charge is -2.05. The molecule has 0 bridgehead atoms. The SMILES string of the molecule is Cc1cc(OCCO)ccc1N.Cl. The van der Waals surface area contributed by atoms with E-state index in [0.29, 0.717) is 6.61 Å². The summed E-state index contributed by atoms with van der Waals surface area (Å²) in [4.78, 5) is 0. The molecule has 0 aliphatic rings. The summed E-state index contributed by atoms with van der Waals surface area (Å²) in [6, 6.07) is 5.44. The van der Waals surface area contributed by atoms with Crippen molar-refractivity contribution in [3.63, 3.8) is 0 Å². The van der Waals surface area contributed by atoms with Crippen LogP contribution in [0.3, 0.4) is 0 Å². The molecule has 4 heteroatoms. The monoisotopic (exact) mass is 203 g/mol. The van der Waals surface area contributed by atoms with Crippen LogP contribution in [-0.2, 0) is 0 Å². The second-order valence-corrected chi connectivity index (χ2v) is 2.59. The zero-order chi connectivity index (χ0) is 8.97. The molecule has 0 unspecified atom stereocenters. The molecule has 0 aliphatic carbocycles. The minimum atomic E-state index is 0. The fraction of sp³-hybridized carbons (Fsp3) is 0.333. The topological polar surface area (TPSA) is 55.5 Å². The van der Waals surface area contributed by atoms with Gasteiger partial charge < -0.3 is 15.6 Å². The molecule has 0 heterocycles. The molecule has 0 amide bonds. The van der Waals surface area contributed by atoms with Gasteiger partial charge in [0.15, 0.2) is 0 Å². The van der Waals surface area contributed by atoms with Crippen molar-refractivity contribution in [2.75, 3.05) is 18.9 Å². The summed E-state index contributed by atoms with van der Waals surface area (Å²) in [5.41, 5.74) is 7.36. The van der Waals surface area contributed by atoms with Crippen molar-refractivity contribution >= 4 is 18.1 Å². The molecule has 3 nitrogen and oxygen atoms in total. The van der Waals surface area contributed by atoms with Crippen molar-refractivity contribution in [2.24, 2.45) is 0 Å². The minimum Gasteiger partial charge on any atom is -0.491 e. The molecule has 0 saturated heterocycles. The number of hydrogen-bond donors (Lipinski definition) is 2. The van der Waals surface area contributed by atoms with Gasteiger partial charge in [0.05, 0.1) is 6.61 Å². The van der Waals surface area contributed by atoms with E-state index in [-0.39, 0.29) is 19.0 Å². The number of aliphatic hydroxyl groups is 1. The molecule has 3 N–H and O–H groups in total. The number of aliphatic hydroxyl groups excluding tert-OH is 1. The normalized spacial score (nSPS) is 9.08. The predicted molar refractivity (Wildman–Crippen MR) is 55.4 cm³/mol. The first-order valence-corrected chi connectivity index (χ1v) is 3.84. The lowest BCUT2D eigenvalue weighted by Crippen LogP contribution is -2.02. The Kier molecular flexibility index (Phi) is 5.26. The number of nitrogens with two attached hydrogens (primary N) is 1. The highest BCUT2D eigenvalue weighted by molar-refractivity contribution is 5.85. The molecular formula is C9H14ClNO2. The smallest absolute Gasteiger partial charge is 0.119 e. The van der Waals surface area contributed by atoms with Crippen LogP contribution in [0.4, 0.5) is 5.69 Å². The number of ether oxygens (including phenoxy) is 1. The molecule has 1 aromatic rings. The van der Waals surface area contributed by atoms with E-state index >= 15 is 0 Å². The Morgan fingerprint density at radius 1 is 1.46 bits per heavy atom. The van der Waals surface area contributed by atoms with E-state index in [4.69, 9.17) is 15.6 Å². The molecule has 0 atom stereocenters. The third-order valence-corrected chi connectivity index (χ3v) is 1.60. The number of rotatable bonds is 3. The predicted octanol–water partition coefficient (Wildman–Crippen LogP) is 1.37. The van der Waals surface area contributed by atoms with Crippen LogP contribution in [0.5, 0.6) is 5.75 Å². The lowest BCUT2D eigenvalue weighted by molar-refractivity contribution is 0.201. The van der Waals surface area contributed by atoms with Gasteiger partial charge in [0, 0.05) is 5.69 Å². The van der Waals surface area contributed by atoms with Crippen molar-refractivity contribution < 1.29 is 9.84 Å². The van der Waals surface area contributed by atoms with Gasteiger partial charge in [-0.3, -0.25) is 0 Å². The molecule has 0 saturated carbocycles. The number of halogens is 1. The number of hydrogen-bond acceptors (Lipinski definition) is 3. The summed E-state index contributed by atoms with van der Waals surface area (Å²) in [6.07, 6.45) is 0. The first kappa shape index (κ1) is 12.1. The summed E-state index contributed by atoms with van der Waals surface area (Å²) < 4.78 is 5.19. The molecule has 1 aromatic carbocycles. The van der Waals surface area contributed by atoms with E-state index in [1.54, 1.807) is 12.1 Å². The van der Waals surface area contributed by atoms with Crippen molar-refractivity contribution in [3.8, 4) is 5.75 Å². The second kappa shape index (κ2) is 5.67. The number of aryl methyl sites for hydroxylation is 1. The Morgan fingerprint density at radius 2 is 2.15 bits per heavy atom. The van der Waals surface area contributed by atoms with Gasteiger partial charge in [0.1, 0.15) is 12.4 Å². The summed E-state index contributed by atoms with van der Waals surface area (Å²) in [6.45, 7) is 2.27. The van der Waals surface area contributed by atoms with Gasteiger partial charge >= 0.3 is 0 Å². The first-order chi connectivity index (χ1) is 5.74. The molecule has 0 spiro atoms. The van der Waals surface area contributed by atoms with Crippen LogP contribution in [0.2, 0.25) is 0 Å². The highest BCUT2D eigenvalue weighted by Gasteiger charge is 1.96. The third kappa shape index (κ3) is 3.53. The van der Waals surface area contributed by atoms with Gasteiger partial charge in [-0.1, -0.05) is 0 Å². The molecule has 1 rings (SSSR count). The van der Waals surface area contributed by atoms with Gasteiger partial charge in [-0.05, 0) is 30.7 Å². The largest absolute Gasteiger partial charge is 0.491 e. The highest BCUT2D eigenvalue weighted by atomic mass is 35.5. The Bertz CT molecular complexity index is 266. The van der Waals surface area contributed by atoms with Crippen LogP contribution in [-0.4, -0.2) is 18.3 Å². The van der Waals surface area contributed by atoms with E-state index in [9.17, 15) is 0 Å². The number of anilines is 1. The molecule has 0 fully saturated rings. The van der Waals surface area contributed by atoms with Crippen LogP contribution >= 0.6 is 12.4 Å². The van der Waals surface area contributed by atoms with Crippen LogP contribution in [0.1, 0.15) is 5.56 Å². The van der Waals surface area contributed by atoms with E-state index in [2.05, 4.69) is 0 Å². The van der Waals surface area contributed by atoms with Crippen molar-refractivity contribution in [2.45, 2.75) is 6.92 Å². The van der Waals surface area contributed by atoms with Gasteiger partial charge in [-0.2, -0.15) is 0 Å². The van der Waals surface area contributed by atoms with Crippen molar-refractivity contribution in [1.29, 1.82) is 0 Å². The van der Waals surface area contributed by atoms with E-state index in [1.807, 2.05) is 13.0 Å². The zero-order valence-corrected chi connectivity index (χ0v) is 8.30. The fourth-order valence-electron chi connectivity index (χ4n) is 0.901. The summed E-state index contributed by atoms with van der Waals surface area (Å²) in [7, 11) is 0. The van der Waals surface area contributed by atoms with Gasteiger partial charge in [-0.25, -0.2) is 0 Å². The van der Waals surface area contributed by atoms with E-state index in [0.717, 1.165) is 17.0 Å². The summed E-state index contributed by atoms with van der Waals surface area (Å²) in [5.74, 6) is 0.746. The van der Waals surface area contributed by atoms with Crippen LogP contribution < -0.4 is 10.5 Å². The maximum absolute atomic E-state index is 8.50. The van der Waals surface area contributed by atoms with Crippen LogP contribution in [0, 0.1) is 6.92 Å². The maximum Gasteiger partial charge on any atom is 0.119 e. The Labute approximate surface area is 83.9 Å². The van der Waals surface area contributed by atoms with Gasteiger partial charge in [0.25, 0.3) is 0 Å². The Balaban J connectivity index is 0.00000144. The third-order valence-electron chi connectivity index (χ3n) is 1.60. The maximum atomic E-state index is 8.50. The van der Waals surface area contributed by atoms with Crippen molar-refractivity contribution in [1.82, 2.24) is 0 Å². The standard InChI is InChI=1S/C9H13NO2.ClH/c1-7-6-8(12-5-4-11)2-3-9(7)10;/h2-3,6,11H,4-5,10H2,1H3;1H. The van der Waals surface area contributed by atoms with Gasteiger partial charge in [-0.15, -0.1) is 12.4 Å². The Hall–Kier alpha value is -0.930. The van der Waals surface area contributed by atoms with E-state index in [1.165, 1.54) is 0 Å². The molecule has 0 aliphatic heterocycles. The number of nitrogen functional groups attached to an aromatic ring is 1. The van der Waals surface area contributed by atoms with Gasteiger partial charge in [0.2, 0.25) is 0 Å². The quantitative estimate of drug-likeness (QED) is 0.730. The summed E-state index contributed by atoms with van der Waals surface area (Å²) in [5, 5.41) is 8.50.